The summed E-state index contributed by atoms with van der Waals surface area (Å²) in [6, 6.07) is 0. The summed E-state index contributed by atoms with van der Waals surface area (Å²) in [5, 5.41) is 18.0. The van der Waals surface area contributed by atoms with Crippen molar-refractivity contribution in [3.8, 4) is 0 Å². The summed E-state index contributed by atoms with van der Waals surface area (Å²) < 4.78 is 0. The monoisotopic (exact) mass is 354 g/mol. The Balaban J connectivity index is 3.17. The van der Waals surface area contributed by atoms with Gasteiger partial charge in [0.2, 0.25) is 0 Å². The van der Waals surface area contributed by atoms with Crippen LogP contribution in [0.1, 0.15) is 116 Å². The van der Waals surface area contributed by atoms with Crippen molar-refractivity contribution in [2.45, 2.75) is 122 Å². The zero-order chi connectivity index (χ0) is 18.6. The van der Waals surface area contributed by atoms with Crippen molar-refractivity contribution in [3.63, 3.8) is 0 Å². The van der Waals surface area contributed by atoms with Gasteiger partial charge in [0.05, 0.1) is 12.5 Å². The summed E-state index contributed by atoms with van der Waals surface area (Å²) >= 11 is 0. The zero-order valence-electron chi connectivity index (χ0n) is 16.6. The van der Waals surface area contributed by atoms with Gasteiger partial charge in [0.1, 0.15) is 0 Å². The van der Waals surface area contributed by atoms with Crippen molar-refractivity contribution in [1.82, 2.24) is 0 Å². The van der Waals surface area contributed by atoms with Gasteiger partial charge in [-0.3, -0.25) is 4.79 Å². The number of hydrogen-bond donors (Lipinski definition) is 2. The van der Waals surface area contributed by atoms with Crippen LogP contribution in [0.15, 0.2) is 12.2 Å². The molecular formula is C22H42O3. The molecule has 25 heavy (non-hydrogen) atoms. The third-order valence-electron chi connectivity index (χ3n) is 4.71. The Labute approximate surface area is 155 Å². The molecule has 0 bridgehead atoms. The molecule has 2 N–H and O–H groups in total. The molecule has 0 aliphatic heterocycles. The summed E-state index contributed by atoms with van der Waals surface area (Å²) in [6.07, 6.45) is 23.7. The lowest BCUT2D eigenvalue weighted by atomic mass is 10.0. The second kappa shape index (κ2) is 19.5. The van der Waals surface area contributed by atoms with E-state index < -0.39 is 12.1 Å². The average Bonchev–Trinajstić information content (AvgIpc) is 2.57. The summed E-state index contributed by atoms with van der Waals surface area (Å²) in [5.41, 5.74) is 0. The van der Waals surface area contributed by atoms with Crippen LogP contribution in [0.2, 0.25) is 0 Å². The second-order valence-corrected chi connectivity index (χ2v) is 7.33. The molecule has 0 aliphatic carbocycles. The predicted octanol–water partition coefficient (Wildman–Crippen LogP) is 6.64. The van der Waals surface area contributed by atoms with Crippen molar-refractivity contribution < 1.29 is 15.0 Å². The van der Waals surface area contributed by atoms with Gasteiger partial charge in [-0.2, -0.15) is 0 Å². The summed E-state index contributed by atoms with van der Waals surface area (Å²) in [6.45, 7) is 2.27. The normalized spacial score (nSPS) is 12.7. The first-order valence-electron chi connectivity index (χ1n) is 10.7. The fourth-order valence-corrected chi connectivity index (χ4v) is 3.11. The molecule has 3 nitrogen and oxygen atoms in total. The number of hydrogen-bond acceptors (Lipinski definition) is 2. The largest absolute Gasteiger partial charge is 0.481 e. The molecule has 0 heterocycles. The molecule has 1 unspecified atom stereocenters. The first-order chi connectivity index (χ1) is 12.2. The lowest BCUT2D eigenvalue weighted by Gasteiger charge is -2.06. The number of unbranched alkanes of at least 4 members (excludes halogenated alkanes) is 13. The smallest absolute Gasteiger partial charge is 0.305 e. The third-order valence-corrected chi connectivity index (χ3v) is 4.71. The Bertz CT molecular complexity index is 312. The molecular weight excluding hydrogens is 312 g/mol. The van der Waals surface area contributed by atoms with E-state index >= 15 is 0 Å². The first-order valence-corrected chi connectivity index (χ1v) is 10.7. The molecule has 0 aromatic rings. The minimum Gasteiger partial charge on any atom is -0.481 e. The van der Waals surface area contributed by atoms with Gasteiger partial charge in [-0.15, -0.1) is 0 Å². The number of carbonyl (C=O) groups is 1. The van der Waals surface area contributed by atoms with E-state index in [2.05, 4.69) is 19.1 Å². The topological polar surface area (TPSA) is 57.5 Å². The summed E-state index contributed by atoms with van der Waals surface area (Å²) in [4.78, 5) is 10.4. The molecule has 0 amide bonds. The zero-order valence-corrected chi connectivity index (χ0v) is 16.6. The van der Waals surface area contributed by atoms with Crippen molar-refractivity contribution in [3.05, 3.63) is 12.2 Å². The van der Waals surface area contributed by atoms with Gasteiger partial charge in [-0.25, -0.2) is 0 Å². The van der Waals surface area contributed by atoms with Crippen LogP contribution in [0, 0.1) is 0 Å². The first kappa shape index (κ1) is 24.2. The van der Waals surface area contributed by atoms with Gasteiger partial charge >= 0.3 is 5.97 Å². The summed E-state index contributed by atoms with van der Waals surface area (Å²) in [5.74, 6) is -0.911. The quantitative estimate of drug-likeness (QED) is 0.202. The van der Waals surface area contributed by atoms with E-state index in [4.69, 9.17) is 5.11 Å². The second-order valence-electron chi connectivity index (χ2n) is 7.33. The summed E-state index contributed by atoms with van der Waals surface area (Å²) in [7, 11) is 0. The Morgan fingerprint density at radius 3 is 1.68 bits per heavy atom. The van der Waals surface area contributed by atoms with Crippen LogP contribution in [0.25, 0.3) is 0 Å². The lowest BCUT2D eigenvalue weighted by molar-refractivity contribution is -0.139. The van der Waals surface area contributed by atoms with Crippen molar-refractivity contribution in [1.29, 1.82) is 0 Å². The molecule has 0 aliphatic rings. The molecule has 0 spiro atoms. The van der Waals surface area contributed by atoms with Crippen LogP contribution in [0.3, 0.4) is 0 Å². The van der Waals surface area contributed by atoms with E-state index in [-0.39, 0.29) is 6.42 Å². The van der Waals surface area contributed by atoms with Crippen LogP contribution in [0.4, 0.5) is 0 Å². The Morgan fingerprint density at radius 2 is 1.20 bits per heavy atom. The highest BCUT2D eigenvalue weighted by atomic mass is 16.4. The Morgan fingerprint density at radius 1 is 0.760 bits per heavy atom. The molecule has 3 heteroatoms. The number of carboxylic acid groups (broad SMARTS) is 1. The van der Waals surface area contributed by atoms with Gasteiger partial charge in [-0.05, 0) is 32.1 Å². The van der Waals surface area contributed by atoms with E-state index in [0.29, 0.717) is 6.42 Å². The number of carboxylic acids is 1. The van der Waals surface area contributed by atoms with Gasteiger partial charge in [0, 0.05) is 0 Å². The van der Waals surface area contributed by atoms with Crippen LogP contribution < -0.4 is 0 Å². The minimum absolute atomic E-state index is 0.121. The number of aliphatic hydroxyl groups is 1. The molecule has 0 saturated carbocycles. The van der Waals surface area contributed by atoms with Crippen LogP contribution in [-0.4, -0.2) is 22.3 Å². The number of allylic oxidation sites excluding steroid dienone is 2. The van der Waals surface area contributed by atoms with E-state index in [9.17, 15) is 9.90 Å². The maximum Gasteiger partial charge on any atom is 0.305 e. The SMILES string of the molecule is CCCCCCCCCCC=CCCCCCCCC(O)CC(=O)O. The lowest BCUT2D eigenvalue weighted by Crippen LogP contribution is -2.12. The van der Waals surface area contributed by atoms with Crippen molar-refractivity contribution in [2.75, 3.05) is 0 Å². The number of aliphatic hydroxyl groups excluding tert-OH is 1. The molecule has 0 aromatic carbocycles. The minimum atomic E-state index is -0.911. The fraction of sp³-hybridized carbons (Fsp3) is 0.864. The van der Waals surface area contributed by atoms with Gasteiger partial charge in [0.25, 0.3) is 0 Å². The maximum absolute atomic E-state index is 10.4. The highest BCUT2D eigenvalue weighted by Gasteiger charge is 2.08. The van der Waals surface area contributed by atoms with Crippen molar-refractivity contribution >= 4 is 5.97 Å². The van der Waals surface area contributed by atoms with E-state index in [1.54, 1.807) is 0 Å². The molecule has 0 fully saturated rings. The van der Waals surface area contributed by atoms with E-state index in [1.807, 2.05) is 0 Å². The fourth-order valence-electron chi connectivity index (χ4n) is 3.11. The van der Waals surface area contributed by atoms with E-state index in [0.717, 1.165) is 12.8 Å². The van der Waals surface area contributed by atoms with Gasteiger partial charge < -0.3 is 10.2 Å². The Kier molecular flexibility index (Phi) is 18.8. The van der Waals surface area contributed by atoms with Crippen LogP contribution in [0.5, 0.6) is 0 Å². The van der Waals surface area contributed by atoms with Crippen LogP contribution in [-0.2, 0) is 4.79 Å². The Hall–Kier alpha value is -0.830. The van der Waals surface area contributed by atoms with Gasteiger partial charge in [0.15, 0.2) is 0 Å². The molecule has 0 rings (SSSR count). The molecule has 0 aromatic heterocycles. The standard InChI is InChI=1S/C22H42O3/c1-2-3-4-5-6-7-8-9-10-11-12-13-14-15-16-17-18-19-21(23)20-22(24)25/h11-12,21,23H,2-10,13-20H2,1H3,(H,24,25). The molecule has 0 saturated heterocycles. The maximum atomic E-state index is 10.4. The molecule has 0 radical (unpaired) electrons. The predicted molar refractivity (Wildman–Crippen MR) is 107 cm³/mol. The number of rotatable bonds is 19. The highest BCUT2D eigenvalue weighted by Crippen LogP contribution is 2.12. The van der Waals surface area contributed by atoms with E-state index in [1.165, 1.54) is 83.5 Å². The third kappa shape index (κ3) is 21.1. The average molecular weight is 355 g/mol. The van der Waals surface area contributed by atoms with Crippen LogP contribution >= 0.6 is 0 Å². The van der Waals surface area contributed by atoms with Gasteiger partial charge in [-0.1, -0.05) is 89.7 Å². The highest BCUT2D eigenvalue weighted by molar-refractivity contribution is 5.67. The molecule has 1 atom stereocenters. The number of aliphatic carboxylic acids is 1. The molecule has 148 valence electrons. The van der Waals surface area contributed by atoms with Crippen molar-refractivity contribution in [2.24, 2.45) is 0 Å².